The van der Waals surface area contributed by atoms with E-state index in [4.69, 9.17) is 0 Å². The molecule has 1 N–H and O–H groups in total. The summed E-state index contributed by atoms with van der Waals surface area (Å²) in [6, 6.07) is 5.57. The van der Waals surface area contributed by atoms with Gasteiger partial charge in [-0.15, -0.1) is 13.2 Å². The molecule has 3 saturated heterocycles. The van der Waals surface area contributed by atoms with Crippen LogP contribution in [0.4, 0.5) is 13.2 Å². The van der Waals surface area contributed by atoms with E-state index in [-0.39, 0.29) is 35.7 Å². The Hall–Kier alpha value is -2.33. The molecule has 33 heavy (non-hydrogen) atoms. The zero-order valence-corrected chi connectivity index (χ0v) is 18.8. The van der Waals surface area contributed by atoms with Crippen LogP contribution < -0.4 is 10.1 Å². The number of rotatable bonds is 6. The van der Waals surface area contributed by atoms with Crippen molar-refractivity contribution in [2.24, 2.45) is 0 Å². The summed E-state index contributed by atoms with van der Waals surface area (Å²) in [7, 11) is 2.00. The number of nitrogens with one attached hydrogen (secondary N) is 1. The Morgan fingerprint density at radius 3 is 2.70 bits per heavy atom. The lowest BCUT2D eigenvalue weighted by Gasteiger charge is -2.33. The molecule has 0 spiro atoms. The third-order valence-electron chi connectivity index (χ3n) is 7.02. The van der Waals surface area contributed by atoms with Crippen LogP contribution in [0, 0.1) is 0 Å². The van der Waals surface area contributed by atoms with Crippen LogP contribution in [0.5, 0.6) is 5.75 Å². The first-order valence-electron chi connectivity index (χ1n) is 11.6. The highest BCUT2D eigenvalue weighted by Crippen LogP contribution is 2.30. The van der Waals surface area contributed by atoms with E-state index in [0.717, 1.165) is 32.4 Å². The lowest BCUT2D eigenvalue weighted by molar-refractivity contribution is -0.274. The number of carbonyl (C=O) groups excluding carboxylic acids is 2. The average molecular weight is 469 g/mol. The average Bonchev–Trinajstić information content (AvgIpc) is 3.40. The van der Waals surface area contributed by atoms with Crippen LogP contribution in [0.1, 0.15) is 37.7 Å². The summed E-state index contributed by atoms with van der Waals surface area (Å²) >= 11 is 0. The molecule has 0 radical (unpaired) electrons. The van der Waals surface area contributed by atoms with Crippen molar-refractivity contribution in [3.8, 4) is 5.75 Å². The number of nitrogens with zero attached hydrogens (tertiary/aromatic N) is 3. The number of likely N-dealkylation sites (N-methyl/N-ethyl adjacent to an activating group) is 1. The second-order valence-corrected chi connectivity index (χ2v) is 9.16. The summed E-state index contributed by atoms with van der Waals surface area (Å²) in [5.41, 5.74) is 0.657. The largest absolute Gasteiger partial charge is 0.573 e. The van der Waals surface area contributed by atoms with E-state index in [0.29, 0.717) is 38.0 Å². The minimum absolute atomic E-state index is 0.00556. The number of fused-ring (bicyclic) bond motifs is 1. The van der Waals surface area contributed by atoms with Crippen molar-refractivity contribution < 1.29 is 27.5 Å². The highest BCUT2D eigenvalue weighted by molar-refractivity contribution is 5.83. The summed E-state index contributed by atoms with van der Waals surface area (Å²) in [4.78, 5) is 31.6. The Labute approximate surface area is 191 Å². The molecule has 0 aromatic heterocycles. The summed E-state index contributed by atoms with van der Waals surface area (Å²) < 4.78 is 41.7. The van der Waals surface area contributed by atoms with Gasteiger partial charge in [-0.2, -0.15) is 0 Å². The van der Waals surface area contributed by atoms with Crippen molar-refractivity contribution in [2.75, 3.05) is 33.2 Å². The fourth-order valence-corrected chi connectivity index (χ4v) is 5.32. The number of halogens is 3. The summed E-state index contributed by atoms with van der Waals surface area (Å²) in [6.45, 7) is 3.18. The number of alkyl halides is 3. The van der Waals surface area contributed by atoms with Crippen molar-refractivity contribution in [2.45, 2.75) is 63.1 Å². The zero-order chi connectivity index (χ0) is 23.6. The molecule has 3 aliphatic rings. The van der Waals surface area contributed by atoms with E-state index >= 15 is 0 Å². The van der Waals surface area contributed by atoms with Crippen molar-refractivity contribution in [1.29, 1.82) is 0 Å². The number of likely N-dealkylation sites (tertiary alicyclic amines) is 2. The first-order valence-corrected chi connectivity index (χ1v) is 11.6. The maximum Gasteiger partial charge on any atom is 0.573 e. The van der Waals surface area contributed by atoms with Crippen LogP contribution in [0.15, 0.2) is 24.3 Å². The second kappa shape index (κ2) is 9.89. The fourth-order valence-electron chi connectivity index (χ4n) is 5.32. The molecule has 2 amide bonds. The van der Waals surface area contributed by atoms with Crippen LogP contribution in [-0.4, -0.2) is 84.2 Å². The monoisotopic (exact) mass is 468 g/mol. The van der Waals surface area contributed by atoms with Crippen LogP contribution in [0.2, 0.25) is 0 Å². The Bertz CT molecular complexity index is 860. The van der Waals surface area contributed by atoms with Gasteiger partial charge in [0, 0.05) is 51.2 Å². The molecule has 1 aromatic carbocycles. The highest BCUT2D eigenvalue weighted by Gasteiger charge is 2.45. The van der Waals surface area contributed by atoms with E-state index in [1.165, 1.54) is 18.2 Å². The molecule has 3 fully saturated rings. The number of hydrogen-bond donors (Lipinski definition) is 1. The van der Waals surface area contributed by atoms with Gasteiger partial charge in [0.05, 0.1) is 0 Å². The van der Waals surface area contributed by atoms with Crippen LogP contribution >= 0.6 is 0 Å². The summed E-state index contributed by atoms with van der Waals surface area (Å²) in [6.07, 6.45) is -0.674. The maximum atomic E-state index is 13.0. The Kier molecular flexibility index (Phi) is 7.13. The van der Waals surface area contributed by atoms with Gasteiger partial charge in [0.1, 0.15) is 11.8 Å². The molecule has 0 unspecified atom stereocenters. The second-order valence-electron chi connectivity index (χ2n) is 9.16. The minimum Gasteiger partial charge on any atom is -0.406 e. The van der Waals surface area contributed by atoms with Gasteiger partial charge in [0.25, 0.3) is 0 Å². The minimum atomic E-state index is -4.74. The van der Waals surface area contributed by atoms with Gasteiger partial charge >= 0.3 is 6.36 Å². The van der Waals surface area contributed by atoms with Gasteiger partial charge in [0.2, 0.25) is 11.8 Å². The molecule has 3 heterocycles. The van der Waals surface area contributed by atoms with E-state index in [1.54, 1.807) is 6.07 Å². The number of benzene rings is 1. The van der Waals surface area contributed by atoms with E-state index < -0.39 is 6.36 Å². The van der Waals surface area contributed by atoms with Gasteiger partial charge in [-0.05, 0) is 50.4 Å². The Balaban J connectivity index is 1.39. The number of hydrogen-bond acceptors (Lipinski definition) is 5. The molecule has 1 aromatic rings. The van der Waals surface area contributed by atoms with Crippen LogP contribution in [0.3, 0.4) is 0 Å². The molecule has 3 atom stereocenters. The number of amides is 2. The predicted molar refractivity (Wildman–Crippen MR) is 115 cm³/mol. The quantitative estimate of drug-likeness (QED) is 0.695. The van der Waals surface area contributed by atoms with E-state index in [2.05, 4.69) is 15.0 Å². The number of carbonyl (C=O) groups is 2. The maximum absolute atomic E-state index is 13.0. The number of ether oxygens (including phenoxy) is 1. The van der Waals surface area contributed by atoms with Crippen molar-refractivity contribution in [3.63, 3.8) is 0 Å². The normalized spacial score (nSPS) is 26.7. The third kappa shape index (κ3) is 5.78. The van der Waals surface area contributed by atoms with Crippen LogP contribution in [0.25, 0.3) is 0 Å². The molecule has 4 rings (SSSR count). The standard InChI is InChI=1S/C23H31F3N4O3/c1-28-17(7-8-20(31)29-10-2-3-11-29)14-27-22(32)21-19(28)9-12-30(21)15-16-5-4-6-18(13-16)33-23(24,25)26/h4-6,13,17,19,21H,2-3,7-12,14-15H2,1H3,(H,27,32)/t17-,19+,21-/m0/s1. The molecular formula is C23H31F3N4O3. The molecular weight excluding hydrogens is 437 g/mol. The van der Waals surface area contributed by atoms with Gasteiger partial charge < -0.3 is 15.0 Å². The first-order chi connectivity index (χ1) is 15.7. The van der Waals surface area contributed by atoms with Crippen molar-refractivity contribution >= 4 is 11.8 Å². The topological polar surface area (TPSA) is 65.1 Å². The zero-order valence-electron chi connectivity index (χ0n) is 18.8. The van der Waals surface area contributed by atoms with Crippen LogP contribution in [-0.2, 0) is 16.1 Å². The lowest BCUT2D eigenvalue weighted by atomic mass is 10.0. The molecule has 0 bridgehead atoms. The SMILES string of the molecule is CN1[C@@H](CCC(=O)N2CCCC2)CNC(=O)[C@@H]2[C@H]1CCN2Cc1cccc(OC(F)(F)F)c1. The summed E-state index contributed by atoms with van der Waals surface area (Å²) in [5.74, 6) is -0.150. The van der Waals surface area contributed by atoms with Gasteiger partial charge in [-0.3, -0.25) is 19.4 Å². The Morgan fingerprint density at radius 2 is 1.97 bits per heavy atom. The molecule has 10 heteroatoms. The van der Waals surface area contributed by atoms with Gasteiger partial charge in [0.15, 0.2) is 0 Å². The van der Waals surface area contributed by atoms with E-state index in [9.17, 15) is 22.8 Å². The molecule has 182 valence electrons. The summed E-state index contributed by atoms with van der Waals surface area (Å²) in [5, 5.41) is 3.03. The van der Waals surface area contributed by atoms with Crippen molar-refractivity contribution in [1.82, 2.24) is 20.0 Å². The molecule has 0 saturated carbocycles. The molecule has 0 aliphatic carbocycles. The van der Waals surface area contributed by atoms with Crippen molar-refractivity contribution in [3.05, 3.63) is 29.8 Å². The first kappa shape index (κ1) is 23.8. The van der Waals surface area contributed by atoms with E-state index in [1.807, 2.05) is 16.8 Å². The predicted octanol–water partition coefficient (Wildman–Crippen LogP) is 2.36. The third-order valence-corrected chi connectivity index (χ3v) is 7.02. The van der Waals surface area contributed by atoms with Gasteiger partial charge in [-0.1, -0.05) is 12.1 Å². The fraction of sp³-hybridized carbons (Fsp3) is 0.652. The lowest BCUT2D eigenvalue weighted by Crippen LogP contribution is -2.49. The molecule has 7 nitrogen and oxygen atoms in total. The molecule has 3 aliphatic heterocycles. The smallest absolute Gasteiger partial charge is 0.406 e. The highest BCUT2D eigenvalue weighted by atomic mass is 19.4. The Morgan fingerprint density at radius 1 is 1.21 bits per heavy atom. The van der Waals surface area contributed by atoms with Gasteiger partial charge in [-0.25, -0.2) is 0 Å².